The molecule has 3 aromatic carbocycles. The molecule has 28 heavy (non-hydrogen) atoms. The predicted molar refractivity (Wildman–Crippen MR) is 115 cm³/mol. The van der Waals surface area contributed by atoms with Gasteiger partial charge in [0.25, 0.3) is 5.91 Å². The molecular formula is C21H14Br2N2O3. The van der Waals surface area contributed by atoms with Gasteiger partial charge < -0.3 is 4.74 Å². The van der Waals surface area contributed by atoms with Crippen molar-refractivity contribution >= 4 is 50.0 Å². The number of rotatable bonds is 5. The average Bonchev–Trinajstić information content (AvgIpc) is 2.69. The van der Waals surface area contributed by atoms with Gasteiger partial charge in [-0.25, -0.2) is 10.2 Å². The summed E-state index contributed by atoms with van der Waals surface area (Å²) in [5, 5.41) is 3.94. The van der Waals surface area contributed by atoms with Gasteiger partial charge >= 0.3 is 5.97 Å². The molecule has 0 aliphatic rings. The van der Waals surface area contributed by atoms with Crippen LogP contribution < -0.4 is 10.2 Å². The molecule has 7 heteroatoms. The van der Waals surface area contributed by atoms with E-state index in [0.29, 0.717) is 21.3 Å². The molecule has 0 fully saturated rings. The fraction of sp³-hybridized carbons (Fsp3) is 0. The summed E-state index contributed by atoms with van der Waals surface area (Å²) in [5.74, 6) is -0.345. The maximum absolute atomic E-state index is 12.2. The first-order valence-electron chi connectivity index (χ1n) is 8.19. The highest BCUT2D eigenvalue weighted by Crippen LogP contribution is 2.19. The van der Waals surface area contributed by atoms with Crippen LogP contribution in [0, 0.1) is 0 Å². The van der Waals surface area contributed by atoms with Crippen molar-refractivity contribution in [2.75, 3.05) is 0 Å². The Bertz CT molecular complexity index is 1030. The van der Waals surface area contributed by atoms with Gasteiger partial charge in [-0.05, 0) is 76.1 Å². The van der Waals surface area contributed by atoms with Crippen LogP contribution in [0.3, 0.4) is 0 Å². The van der Waals surface area contributed by atoms with Gasteiger partial charge in [0.2, 0.25) is 0 Å². The fourth-order valence-electron chi connectivity index (χ4n) is 2.27. The quantitative estimate of drug-likeness (QED) is 0.226. The van der Waals surface area contributed by atoms with Crippen molar-refractivity contribution in [2.24, 2.45) is 5.10 Å². The van der Waals surface area contributed by atoms with Crippen LogP contribution in [0.4, 0.5) is 0 Å². The number of hydrogen-bond acceptors (Lipinski definition) is 4. The number of ether oxygens (including phenoxy) is 1. The Balaban J connectivity index is 1.58. The maximum Gasteiger partial charge on any atom is 0.344 e. The highest BCUT2D eigenvalue weighted by Gasteiger charge is 2.11. The number of amides is 1. The first-order valence-corrected chi connectivity index (χ1v) is 9.77. The predicted octanol–water partition coefficient (Wildman–Crippen LogP) is 5.19. The van der Waals surface area contributed by atoms with Crippen LogP contribution in [0.15, 0.2) is 86.8 Å². The van der Waals surface area contributed by atoms with Crippen LogP contribution in [0.2, 0.25) is 0 Å². The van der Waals surface area contributed by atoms with Gasteiger partial charge in [-0.1, -0.05) is 34.1 Å². The molecule has 0 aromatic heterocycles. The second-order valence-electron chi connectivity index (χ2n) is 5.65. The molecule has 1 amide bonds. The van der Waals surface area contributed by atoms with Crippen molar-refractivity contribution in [3.8, 4) is 5.75 Å². The molecular weight excluding hydrogens is 488 g/mol. The molecule has 0 bridgehead atoms. The lowest BCUT2D eigenvalue weighted by molar-refractivity contribution is 0.0733. The van der Waals surface area contributed by atoms with Crippen LogP contribution in [0.1, 0.15) is 26.3 Å². The Hall–Kier alpha value is -2.77. The number of nitrogens with zero attached hydrogens (tertiary/aromatic N) is 1. The molecule has 0 heterocycles. The fourth-order valence-corrected chi connectivity index (χ4v) is 3.12. The van der Waals surface area contributed by atoms with Crippen molar-refractivity contribution in [3.05, 3.63) is 98.4 Å². The second kappa shape index (κ2) is 9.43. The smallest absolute Gasteiger partial charge is 0.344 e. The zero-order valence-corrected chi connectivity index (χ0v) is 17.6. The molecule has 140 valence electrons. The van der Waals surface area contributed by atoms with Crippen LogP contribution in [-0.2, 0) is 0 Å². The van der Waals surface area contributed by atoms with Crippen molar-refractivity contribution in [3.63, 3.8) is 0 Å². The summed E-state index contributed by atoms with van der Waals surface area (Å²) in [4.78, 5) is 24.2. The summed E-state index contributed by atoms with van der Waals surface area (Å²) in [7, 11) is 0. The third kappa shape index (κ3) is 5.37. The summed E-state index contributed by atoms with van der Waals surface area (Å²) >= 11 is 6.65. The van der Waals surface area contributed by atoms with Crippen LogP contribution in [-0.4, -0.2) is 18.1 Å². The topological polar surface area (TPSA) is 67.8 Å². The minimum Gasteiger partial charge on any atom is -0.423 e. The molecule has 0 spiro atoms. The molecule has 0 radical (unpaired) electrons. The third-order valence-electron chi connectivity index (χ3n) is 3.65. The molecule has 5 nitrogen and oxygen atoms in total. The number of carbonyl (C=O) groups excluding carboxylic acids is 2. The number of esters is 1. The second-order valence-corrected chi connectivity index (χ2v) is 7.42. The monoisotopic (exact) mass is 500 g/mol. The Labute approximate surface area is 178 Å². The lowest BCUT2D eigenvalue weighted by Gasteiger charge is -2.06. The molecule has 0 atom stereocenters. The van der Waals surface area contributed by atoms with Crippen molar-refractivity contribution in [2.45, 2.75) is 0 Å². The summed E-state index contributed by atoms with van der Waals surface area (Å²) in [6.45, 7) is 0. The first kappa shape index (κ1) is 20.0. The Morgan fingerprint density at radius 3 is 2.39 bits per heavy atom. The van der Waals surface area contributed by atoms with E-state index in [0.717, 1.165) is 10.0 Å². The third-order valence-corrected chi connectivity index (χ3v) is 4.84. The van der Waals surface area contributed by atoms with Crippen LogP contribution >= 0.6 is 31.9 Å². The van der Waals surface area contributed by atoms with E-state index < -0.39 is 5.97 Å². The normalized spacial score (nSPS) is 10.6. The standard InChI is InChI=1S/C21H14Br2N2O3/c22-16-5-3-4-15(12-16)20(26)25-24-13-14-8-10-17(11-9-14)28-21(27)18-6-1-2-7-19(18)23/h1-13H,(H,25,26)/b24-13+. The molecule has 0 aliphatic carbocycles. The number of nitrogens with one attached hydrogen (secondary N) is 1. The summed E-state index contributed by atoms with van der Waals surface area (Å²) in [6, 6.07) is 20.9. The van der Waals surface area contributed by atoms with Gasteiger partial charge in [0.05, 0.1) is 11.8 Å². The number of hydrazone groups is 1. The number of hydrogen-bond donors (Lipinski definition) is 1. The van der Waals surface area contributed by atoms with E-state index in [1.807, 2.05) is 12.1 Å². The average molecular weight is 502 g/mol. The Morgan fingerprint density at radius 1 is 0.929 bits per heavy atom. The lowest BCUT2D eigenvalue weighted by Crippen LogP contribution is -2.17. The van der Waals surface area contributed by atoms with Crippen molar-refractivity contribution in [1.82, 2.24) is 5.43 Å². The van der Waals surface area contributed by atoms with E-state index in [4.69, 9.17) is 4.74 Å². The maximum atomic E-state index is 12.2. The molecule has 0 saturated carbocycles. The zero-order chi connectivity index (χ0) is 19.9. The largest absolute Gasteiger partial charge is 0.423 e. The lowest BCUT2D eigenvalue weighted by atomic mass is 10.2. The van der Waals surface area contributed by atoms with Gasteiger partial charge in [-0.3, -0.25) is 4.79 Å². The van der Waals surface area contributed by atoms with E-state index in [1.165, 1.54) is 6.21 Å². The Kier molecular flexibility index (Phi) is 6.73. The highest BCUT2D eigenvalue weighted by atomic mass is 79.9. The minimum atomic E-state index is -0.449. The van der Waals surface area contributed by atoms with Crippen molar-refractivity contribution < 1.29 is 14.3 Å². The van der Waals surface area contributed by atoms with Gasteiger partial charge in [0, 0.05) is 14.5 Å². The first-order chi connectivity index (χ1) is 13.5. The van der Waals surface area contributed by atoms with Gasteiger partial charge in [-0.15, -0.1) is 0 Å². The molecule has 3 rings (SSSR count). The van der Waals surface area contributed by atoms with Crippen LogP contribution in [0.5, 0.6) is 5.75 Å². The summed E-state index contributed by atoms with van der Waals surface area (Å²) < 4.78 is 6.85. The number of halogens is 2. The number of carbonyl (C=O) groups is 2. The van der Waals surface area contributed by atoms with Gasteiger partial charge in [0.15, 0.2) is 0 Å². The van der Waals surface area contributed by atoms with Gasteiger partial charge in [0.1, 0.15) is 5.75 Å². The molecule has 0 unspecified atom stereocenters. The minimum absolute atomic E-state index is 0.309. The van der Waals surface area contributed by atoms with E-state index in [1.54, 1.807) is 60.7 Å². The molecule has 3 aromatic rings. The zero-order valence-electron chi connectivity index (χ0n) is 14.4. The molecule has 0 aliphatic heterocycles. The highest BCUT2D eigenvalue weighted by molar-refractivity contribution is 9.10. The summed E-state index contributed by atoms with van der Waals surface area (Å²) in [6.07, 6.45) is 1.51. The van der Waals surface area contributed by atoms with Gasteiger partial charge in [-0.2, -0.15) is 5.10 Å². The van der Waals surface area contributed by atoms with E-state index in [2.05, 4.69) is 42.4 Å². The summed E-state index contributed by atoms with van der Waals surface area (Å²) in [5.41, 5.74) is 4.16. The molecule has 1 N–H and O–H groups in total. The van der Waals surface area contributed by atoms with E-state index >= 15 is 0 Å². The number of benzene rings is 3. The Morgan fingerprint density at radius 2 is 1.68 bits per heavy atom. The van der Waals surface area contributed by atoms with E-state index in [9.17, 15) is 9.59 Å². The van der Waals surface area contributed by atoms with Crippen LogP contribution in [0.25, 0.3) is 0 Å². The van der Waals surface area contributed by atoms with E-state index in [-0.39, 0.29) is 5.91 Å². The molecule has 0 saturated heterocycles. The SMILES string of the molecule is O=C(N/N=C/c1ccc(OC(=O)c2ccccc2Br)cc1)c1cccc(Br)c1. The van der Waals surface area contributed by atoms with Crippen molar-refractivity contribution in [1.29, 1.82) is 0 Å².